The van der Waals surface area contributed by atoms with Gasteiger partial charge in [-0.15, -0.1) is 0 Å². The summed E-state index contributed by atoms with van der Waals surface area (Å²) < 4.78 is 37.0. The van der Waals surface area contributed by atoms with Crippen LogP contribution < -0.4 is 29.6 Å². The third-order valence-electron chi connectivity index (χ3n) is 6.99. The van der Waals surface area contributed by atoms with Crippen molar-refractivity contribution in [3.8, 4) is 0 Å². The maximum atomic E-state index is 10.8. The van der Waals surface area contributed by atoms with Gasteiger partial charge in [-0.05, 0) is 19.3 Å². The number of allylic oxidation sites excluding steroid dienone is 1. The standard InChI is InChI=1S/C30H60O4S.Na/c1-3-5-7-9-11-12-13-14-15-16-17-18-19-20-21-22-24-26-28-30(29-34-35(31,32)33)27-25-23-10-8-6-4-2;/h26,28,30H,3-25,27,29H2,1-2H3,(H,31,32,33);/q;+1/p-1/b28-26+;. The molecule has 210 valence electrons. The first-order chi connectivity index (χ1) is 17.0. The van der Waals surface area contributed by atoms with E-state index in [0.29, 0.717) is 0 Å². The smallest absolute Gasteiger partial charge is 0.726 e. The van der Waals surface area contributed by atoms with E-state index in [-0.39, 0.29) is 42.1 Å². The van der Waals surface area contributed by atoms with Crippen LogP contribution >= 0.6 is 0 Å². The van der Waals surface area contributed by atoms with Crippen molar-refractivity contribution < 1.29 is 46.7 Å². The second-order valence-electron chi connectivity index (χ2n) is 10.5. The molecule has 1 atom stereocenters. The van der Waals surface area contributed by atoms with Crippen LogP contribution in [0.1, 0.15) is 168 Å². The Hall–Kier alpha value is 0.610. The molecule has 0 N–H and O–H groups in total. The molecular weight excluding hydrogens is 479 g/mol. The molecule has 0 aromatic rings. The van der Waals surface area contributed by atoms with Crippen LogP contribution in [0, 0.1) is 5.92 Å². The molecule has 0 amide bonds. The fourth-order valence-corrected chi connectivity index (χ4v) is 5.03. The molecule has 0 aliphatic heterocycles. The molecule has 0 heterocycles. The zero-order valence-corrected chi connectivity index (χ0v) is 27.3. The van der Waals surface area contributed by atoms with Crippen LogP contribution in [-0.2, 0) is 14.6 Å². The molecule has 0 aliphatic carbocycles. The second kappa shape index (κ2) is 30.2. The molecule has 0 aromatic carbocycles. The number of hydrogen-bond donors (Lipinski definition) is 0. The fourth-order valence-electron chi connectivity index (χ4n) is 4.69. The monoisotopic (exact) mass is 538 g/mol. The van der Waals surface area contributed by atoms with Gasteiger partial charge >= 0.3 is 29.6 Å². The van der Waals surface area contributed by atoms with Crippen molar-refractivity contribution in [1.82, 2.24) is 0 Å². The van der Waals surface area contributed by atoms with E-state index in [1.807, 2.05) is 0 Å². The first kappa shape index (κ1) is 38.8. The van der Waals surface area contributed by atoms with Crippen LogP contribution in [0.2, 0.25) is 0 Å². The molecule has 0 saturated heterocycles. The molecule has 0 aromatic heterocycles. The van der Waals surface area contributed by atoms with E-state index in [0.717, 1.165) is 25.7 Å². The second-order valence-corrected chi connectivity index (χ2v) is 11.6. The zero-order chi connectivity index (χ0) is 25.9. The molecule has 6 heteroatoms. The molecule has 36 heavy (non-hydrogen) atoms. The van der Waals surface area contributed by atoms with Crippen LogP contribution in [0.4, 0.5) is 0 Å². The predicted molar refractivity (Wildman–Crippen MR) is 150 cm³/mol. The maximum absolute atomic E-state index is 10.8. The molecule has 0 bridgehead atoms. The van der Waals surface area contributed by atoms with E-state index in [1.165, 1.54) is 128 Å². The average Bonchev–Trinajstić information content (AvgIpc) is 2.82. The van der Waals surface area contributed by atoms with Crippen LogP contribution in [0.5, 0.6) is 0 Å². The first-order valence-corrected chi connectivity index (χ1v) is 16.6. The molecule has 0 aliphatic rings. The Balaban J connectivity index is 0. The molecule has 1 unspecified atom stereocenters. The van der Waals surface area contributed by atoms with Crippen molar-refractivity contribution >= 4 is 10.4 Å². The van der Waals surface area contributed by atoms with E-state index in [9.17, 15) is 13.0 Å². The van der Waals surface area contributed by atoms with Gasteiger partial charge in [0.05, 0.1) is 6.61 Å². The predicted octanol–water partition coefficient (Wildman–Crippen LogP) is 7.04. The Labute approximate surface area is 248 Å². The van der Waals surface area contributed by atoms with Gasteiger partial charge in [0.25, 0.3) is 0 Å². The van der Waals surface area contributed by atoms with Crippen molar-refractivity contribution in [2.75, 3.05) is 6.61 Å². The Morgan fingerprint density at radius 2 is 0.972 bits per heavy atom. The quantitative estimate of drug-likeness (QED) is 0.0352. The Bertz CT molecular complexity index is 551. The summed E-state index contributed by atoms with van der Waals surface area (Å²) in [5.41, 5.74) is 0. The maximum Gasteiger partial charge on any atom is 1.00 e. The molecule has 0 saturated carbocycles. The first-order valence-electron chi connectivity index (χ1n) is 15.3. The largest absolute Gasteiger partial charge is 1.00 e. The average molecular weight is 539 g/mol. The Morgan fingerprint density at radius 1 is 0.611 bits per heavy atom. The normalized spacial score (nSPS) is 12.8. The van der Waals surface area contributed by atoms with E-state index < -0.39 is 10.4 Å². The molecule has 0 radical (unpaired) electrons. The molecule has 4 nitrogen and oxygen atoms in total. The van der Waals surface area contributed by atoms with Crippen molar-refractivity contribution in [3.63, 3.8) is 0 Å². The van der Waals surface area contributed by atoms with Crippen molar-refractivity contribution in [2.45, 2.75) is 168 Å². The van der Waals surface area contributed by atoms with Crippen molar-refractivity contribution in [2.24, 2.45) is 5.92 Å². The van der Waals surface area contributed by atoms with Gasteiger partial charge in [-0.25, -0.2) is 8.42 Å². The third kappa shape index (κ3) is 32.6. The van der Waals surface area contributed by atoms with Crippen molar-refractivity contribution in [1.29, 1.82) is 0 Å². The number of rotatable bonds is 28. The Morgan fingerprint density at radius 3 is 1.36 bits per heavy atom. The molecule has 0 fully saturated rings. The number of hydrogen-bond acceptors (Lipinski definition) is 4. The summed E-state index contributed by atoms with van der Waals surface area (Å²) in [7, 11) is -4.61. The SMILES string of the molecule is CCCCCCCCCCCCCCCCCC/C=C/C(CCCCCCCC)COS(=O)(=O)[O-].[Na+]. The molecule has 0 rings (SSSR count). The van der Waals surface area contributed by atoms with Gasteiger partial charge in [0.15, 0.2) is 0 Å². The minimum atomic E-state index is -4.61. The summed E-state index contributed by atoms with van der Waals surface area (Å²) in [5.74, 6) is 0.0194. The minimum Gasteiger partial charge on any atom is -0.726 e. The van der Waals surface area contributed by atoms with Gasteiger partial charge in [0.1, 0.15) is 0 Å². The van der Waals surface area contributed by atoms with E-state index in [1.54, 1.807) is 0 Å². The van der Waals surface area contributed by atoms with Crippen molar-refractivity contribution in [3.05, 3.63) is 12.2 Å². The summed E-state index contributed by atoms with van der Waals surface area (Å²) >= 11 is 0. The minimum absolute atomic E-state index is 0. The summed E-state index contributed by atoms with van der Waals surface area (Å²) in [4.78, 5) is 0. The van der Waals surface area contributed by atoms with Gasteiger partial charge in [0, 0.05) is 5.92 Å². The topological polar surface area (TPSA) is 66.4 Å². The van der Waals surface area contributed by atoms with Crippen LogP contribution in [0.3, 0.4) is 0 Å². The van der Waals surface area contributed by atoms with Gasteiger partial charge in [-0.3, -0.25) is 4.18 Å². The van der Waals surface area contributed by atoms with E-state index in [2.05, 4.69) is 30.2 Å². The van der Waals surface area contributed by atoms with Crippen LogP contribution in [0.15, 0.2) is 12.2 Å². The molecule has 0 spiro atoms. The Kier molecular flexibility index (Phi) is 32.5. The summed E-state index contributed by atoms with van der Waals surface area (Å²) in [6.45, 7) is 4.47. The van der Waals surface area contributed by atoms with Gasteiger partial charge < -0.3 is 4.55 Å². The summed E-state index contributed by atoms with van der Waals surface area (Å²) in [6, 6.07) is 0. The van der Waals surface area contributed by atoms with Gasteiger partial charge in [-0.2, -0.15) is 0 Å². The summed E-state index contributed by atoms with van der Waals surface area (Å²) in [5, 5.41) is 0. The summed E-state index contributed by atoms with van der Waals surface area (Å²) in [6.07, 6.45) is 35.4. The zero-order valence-electron chi connectivity index (χ0n) is 24.5. The van der Waals surface area contributed by atoms with Crippen LogP contribution in [-0.4, -0.2) is 19.6 Å². The van der Waals surface area contributed by atoms with Gasteiger partial charge in [-0.1, -0.05) is 161 Å². The van der Waals surface area contributed by atoms with E-state index >= 15 is 0 Å². The van der Waals surface area contributed by atoms with Gasteiger partial charge in [0.2, 0.25) is 10.4 Å². The molecular formula is C30H59NaO4S. The van der Waals surface area contributed by atoms with E-state index in [4.69, 9.17) is 0 Å². The number of unbranched alkanes of at least 4 members (excludes halogenated alkanes) is 21. The third-order valence-corrected chi connectivity index (χ3v) is 7.41. The fraction of sp³-hybridized carbons (Fsp3) is 0.933. The van der Waals surface area contributed by atoms with Crippen LogP contribution in [0.25, 0.3) is 0 Å².